The fourth-order valence-corrected chi connectivity index (χ4v) is 6.43. The van der Waals surface area contributed by atoms with Crippen LogP contribution in [0.5, 0.6) is 17.4 Å². The Kier molecular flexibility index (Phi) is 9.72. The molecule has 0 aliphatic carbocycles. The Morgan fingerprint density at radius 3 is 2.19 bits per heavy atom. The fourth-order valence-electron chi connectivity index (χ4n) is 5.83. The van der Waals surface area contributed by atoms with Crippen LogP contribution in [0.25, 0.3) is 10.9 Å². The standard InChI is InChI=1S/C34H33ClF2N6O4S/c1-19-18-47-33-27-29(28(37)30(35)40-33)39-34(48(5)44)41-32(27)43(19)20(2)26-14-23(36)15-38-31(26)42(16-21-6-10-24(45-3)11-7-21)17-22-8-12-25(46-4)13-9-22/h6-15,19-20H,16-18H2,1-5H3/t19-,20+,48?/m0/s1. The average Bonchev–Trinajstić information content (AvgIpc) is 3.22. The van der Waals surface area contributed by atoms with Crippen LogP contribution < -0.4 is 24.0 Å². The number of hydrogen-bond acceptors (Lipinski definition) is 10. The number of rotatable bonds is 10. The lowest BCUT2D eigenvalue weighted by atomic mass is 10.0. The number of methoxy groups -OCH3 is 2. The molecule has 0 saturated heterocycles. The van der Waals surface area contributed by atoms with Crippen molar-refractivity contribution in [3.63, 3.8) is 0 Å². The van der Waals surface area contributed by atoms with Crippen molar-refractivity contribution in [1.82, 2.24) is 19.9 Å². The molecule has 5 aromatic rings. The molecule has 0 radical (unpaired) electrons. The topological polar surface area (TPSA) is 109 Å². The maximum absolute atomic E-state index is 15.4. The maximum Gasteiger partial charge on any atom is 0.345 e. The Balaban J connectivity index is 1.50. The van der Waals surface area contributed by atoms with Gasteiger partial charge in [0.1, 0.15) is 46.9 Å². The van der Waals surface area contributed by atoms with Crippen molar-refractivity contribution in [3.8, 4) is 17.4 Å². The molecule has 0 spiro atoms. The van der Waals surface area contributed by atoms with Crippen molar-refractivity contribution in [2.45, 2.75) is 44.2 Å². The van der Waals surface area contributed by atoms with Crippen molar-refractivity contribution in [1.29, 1.82) is 0 Å². The summed E-state index contributed by atoms with van der Waals surface area (Å²) in [7, 11) is 3.22. The Labute approximate surface area is 284 Å². The second-order valence-corrected chi connectivity index (χ2v) is 13.0. The Bertz CT molecular complexity index is 1890. The zero-order valence-electron chi connectivity index (χ0n) is 26.9. The summed E-state index contributed by atoms with van der Waals surface area (Å²) in [5, 5.41) is -0.330. The van der Waals surface area contributed by atoms with Crippen molar-refractivity contribution in [2.75, 3.05) is 36.9 Å². The number of anilines is 2. The molecule has 10 nitrogen and oxygen atoms in total. The van der Waals surface area contributed by atoms with E-state index in [0.29, 0.717) is 24.5 Å². The van der Waals surface area contributed by atoms with Crippen molar-refractivity contribution >= 4 is 45.3 Å². The summed E-state index contributed by atoms with van der Waals surface area (Å²) in [6.07, 6.45) is 2.60. The van der Waals surface area contributed by atoms with Gasteiger partial charge in [0.05, 0.1) is 32.5 Å². The molecule has 250 valence electrons. The van der Waals surface area contributed by atoms with Gasteiger partial charge in [-0.25, -0.2) is 13.8 Å². The minimum Gasteiger partial charge on any atom is -0.609 e. The van der Waals surface area contributed by atoms with Gasteiger partial charge in [-0.15, -0.1) is 0 Å². The van der Waals surface area contributed by atoms with Gasteiger partial charge in [0, 0.05) is 29.8 Å². The fraction of sp³-hybridized carbons (Fsp3) is 0.294. The van der Waals surface area contributed by atoms with E-state index in [1.165, 1.54) is 18.5 Å². The van der Waals surface area contributed by atoms with E-state index in [-0.39, 0.29) is 40.4 Å². The predicted octanol–water partition coefficient (Wildman–Crippen LogP) is 6.66. The quantitative estimate of drug-likeness (QED) is 0.0895. The molecule has 1 unspecified atom stereocenters. The highest BCUT2D eigenvalue weighted by molar-refractivity contribution is 7.90. The summed E-state index contributed by atoms with van der Waals surface area (Å²) in [6.45, 7) is 4.77. The molecule has 3 atom stereocenters. The van der Waals surface area contributed by atoms with Crippen LogP contribution in [-0.2, 0) is 24.3 Å². The molecule has 48 heavy (non-hydrogen) atoms. The summed E-state index contributed by atoms with van der Waals surface area (Å²) in [4.78, 5) is 21.6. The lowest BCUT2D eigenvalue weighted by Gasteiger charge is -2.36. The maximum atomic E-state index is 15.4. The highest BCUT2D eigenvalue weighted by Crippen LogP contribution is 2.43. The summed E-state index contributed by atoms with van der Waals surface area (Å²) in [5.74, 6) is 0.864. The Hall–Kier alpha value is -4.46. The van der Waals surface area contributed by atoms with E-state index in [1.54, 1.807) is 14.2 Å². The molecule has 2 aromatic carbocycles. The van der Waals surface area contributed by atoms with Gasteiger partial charge in [-0.05, 0) is 55.3 Å². The Morgan fingerprint density at radius 1 is 1.02 bits per heavy atom. The van der Waals surface area contributed by atoms with Gasteiger partial charge < -0.3 is 28.6 Å². The summed E-state index contributed by atoms with van der Waals surface area (Å²) >= 11 is 4.45. The first-order chi connectivity index (χ1) is 23.1. The molecule has 14 heteroatoms. The molecule has 4 heterocycles. The second-order valence-electron chi connectivity index (χ2n) is 11.4. The van der Waals surface area contributed by atoms with E-state index in [2.05, 4.69) is 24.8 Å². The highest BCUT2D eigenvalue weighted by Gasteiger charge is 2.35. The molecule has 0 saturated carbocycles. The number of aromatic nitrogens is 4. The van der Waals surface area contributed by atoms with E-state index >= 15 is 8.78 Å². The van der Waals surface area contributed by atoms with E-state index in [1.807, 2.05) is 67.3 Å². The highest BCUT2D eigenvalue weighted by atomic mass is 35.5. The van der Waals surface area contributed by atoms with E-state index in [9.17, 15) is 4.55 Å². The largest absolute Gasteiger partial charge is 0.609 e. The third-order valence-corrected chi connectivity index (χ3v) is 9.15. The summed E-state index contributed by atoms with van der Waals surface area (Å²) in [5.41, 5.74) is 2.33. The van der Waals surface area contributed by atoms with Gasteiger partial charge in [0.15, 0.2) is 16.8 Å². The van der Waals surface area contributed by atoms with Gasteiger partial charge >= 0.3 is 5.16 Å². The van der Waals surface area contributed by atoms with Crippen LogP contribution in [0.3, 0.4) is 0 Å². The zero-order valence-corrected chi connectivity index (χ0v) is 28.5. The molecule has 0 fully saturated rings. The number of benzene rings is 2. The molecular weight excluding hydrogens is 662 g/mol. The van der Waals surface area contributed by atoms with E-state index in [0.717, 1.165) is 22.6 Å². The number of ether oxygens (including phenoxy) is 3. The van der Waals surface area contributed by atoms with Gasteiger partial charge in [0.25, 0.3) is 0 Å². The minimum atomic E-state index is -1.67. The molecule has 6 rings (SSSR count). The molecule has 0 amide bonds. The summed E-state index contributed by atoms with van der Waals surface area (Å²) < 4.78 is 60.0. The van der Waals surface area contributed by atoms with Crippen LogP contribution in [0.15, 0.2) is 66.0 Å². The zero-order chi connectivity index (χ0) is 34.1. The first-order valence-electron chi connectivity index (χ1n) is 15.1. The first-order valence-corrected chi connectivity index (χ1v) is 17.0. The lowest BCUT2D eigenvalue weighted by Crippen LogP contribution is -2.40. The number of hydrogen-bond donors (Lipinski definition) is 0. The SMILES string of the molecule is COc1ccc(CN(Cc2ccc(OC)cc2)c2ncc(F)cc2[C@@H](C)N2c3nc([S+](C)[O-])nc4c(F)c(Cl)nc(c34)OC[C@@H]2C)cc1. The minimum absolute atomic E-state index is 0.0552. The van der Waals surface area contributed by atoms with Crippen LogP contribution in [0.2, 0.25) is 5.15 Å². The summed E-state index contributed by atoms with van der Waals surface area (Å²) in [6, 6.07) is 15.9. The number of nitrogens with zero attached hydrogens (tertiary/aromatic N) is 6. The van der Waals surface area contributed by atoms with Gasteiger partial charge in [-0.3, -0.25) is 0 Å². The van der Waals surface area contributed by atoms with Crippen LogP contribution in [0.4, 0.5) is 20.4 Å². The monoisotopic (exact) mass is 694 g/mol. The predicted molar refractivity (Wildman–Crippen MR) is 181 cm³/mol. The molecule has 0 N–H and O–H groups in total. The van der Waals surface area contributed by atoms with Gasteiger partial charge in [0.2, 0.25) is 5.88 Å². The van der Waals surface area contributed by atoms with Crippen LogP contribution in [-0.4, -0.2) is 57.6 Å². The number of halogens is 3. The lowest BCUT2D eigenvalue weighted by molar-refractivity contribution is 0.281. The normalized spacial score (nSPS) is 15.4. The van der Waals surface area contributed by atoms with E-state index in [4.69, 9.17) is 25.8 Å². The molecule has 0 bridgehead atoms. The van der Waals surface area contributed by atoms with Crippen molar-refractivity contribution < 1.29 is 27.5 Å². The molecule has 1 aliphatic rings. The smallest absolute Gasteiger partial charge is 0.345 e. The van der Waals surface area contributed by atoms with E-state index < -0.39 is 34.0 Å². The second kappa shape index (κ2) is 14.0. The third kappa shape index (κ3) is 6.62. The van der Waals surface area contributed by atoms with Gasteiger partial charge in [-0.2, -0.15) is 15.0 Å². The van der Waals surface area contributed by atoms with Gasteiger partial charge in [-0.1, -0.05) is 35.9 Å². The Morgan fingerprint density at radius 2 is 1.62 bits per heavy atom. The first kappa shape index (κ1) is 33.4. The number of pyridine rings is 2. The van der Waals surface area contributed by atoms with Crippen LogP contribution in [0, 0.1) is 11.6 Å². The van der Waals surface area contributed by atoms with Crippen molar-refractivity contribution in [2.24, 2.45) is 0 Å². The average molecular weight is 695 g/mol. The van der Waals surface area contributed by atoms with Crippen LogP contribution in [0.1, 0.15) is 36.6 Å². The third-order valence-electron chi connectivity index (χ3n) is 8.20. The molecule has 1 aliphatic heterocycles. The molecule has 3 aromatic heterocycles. The van der Waals surface area contributed by atoms with Crippen molar-refractivity contribution in [3.05, 3.63) is 94.3 Å². The molecular formula is C34H33ClF2N6O4S. The van der Waals surface area contributed by atoms with Crippen LogP contribution >= 0.6 is 11.6 Å².